The maximum atomic E-state index is 12.3. The zero-order valence-electron chi connectivity index (χ0n) is 9.24. The third-order valence-electron chi connectivity index (χ3n) is 2.14. The Morgan fingerprint density at radius 1 is 0.944 bits per heavy atom. The van der Waals surface area contributed by atoms with E-state index in [9.17, 15) is 8.42 Å². The van der Waals surface area contributed by atoms with Crippen molar-refractivity contribution in [1.29, 1.82) is 0 Å². The van der Waals surface area contributed by atoms with Crippen molar-refractivity contribution in [3.8, 4) is 0 Å². The van der Waals surface area contributed by atoms with Crippen molar-refractivity contribution in [3.05, 3.63) is 28.2 Å². The zero-order chi connectivity index (χ0) is 13.8. The van der Waals surface area contributed by atoms with E-state index in [0.717, 1.165) is 0 Å². The van der Waals surface area contributed by atoms with Crippen molar-refractivity contribution in [1.82, 2.24) is 4.31 Å². The van der Waals surface area contributed by atoms with E-state index in [2.05, 4.69) is 0 Å². The van der Waals surface area contributed by atoms with E-state index in [1.54, 1.807) is 0 Å². The number of rotatable bonds is 6. The van der Waals surface area contributed by atoms with Gasteiger partial charge in [-0.1, -0.05) is 23.2 Å². The summed E-state index contributed by atoms with van der Waals surface area (Å²) in [5, 5.41) is 0.524. The van der Waals surface area contributed by atoms with Gasteiger partial charge in [-0.05, 0) is 18.2 Å². The molecule has 1 rings (SSSR count). The van der Waals surface area contributed by atoms with Crippen LogP contribution in [0.1, 0.15) is 0 Å². The van der Waals surface area contributed by atoms with Crippen LogP contribution in [0.3, 0.4) is 0 Å². The summed E-state index contributed by atoms with van der Waals surface area (Å²) in [6.45, 7) is 0.363. The second-order valence-corrected chi connectivity index (χ2v) is 6.95. The van der Waals surface area contributed by atoms with Gasteiger partial charge in [0.15, 0.2) is 0 Å². The van der Waals surface area contributed by atoms with Gasteiger partial charge in [-0.15, -0.1) is 23.2 Å². The molecule has 0 amide bonds. The van der Waals surface area contributed by atoms with Crippen molar-refractivity contribution in [2.75, 3.05) is 24.8 Å². The SMILES string of the molecule is O=S(=O)(c1cc(Cl)cc(Cl)c1)N(CCCl)CCCl. The molecule has 0 unspecified atom stereocenters. The first-order chi connectivity index (χ1) is 8.41. The van der Waals surface area contributed by atoms with Crippen molar-refractivity contribution in [2.45, 2.75) is 4.90 Å². The van der Waals surface area contributed by atoms with Gasteiger partial charge >= 0.3 is 0 Å². The Morgan fingerprint density at radius 2 is 1.39 bits per heavy atom. The number of halogens is 4. The lowest BCUT2D eigenvalue weighted by molar-refractivity contribution is 0.448. The molecule has 0 fully saturated rings. The fourth-order valence-corrected chi connectivity index (χ4v) is 4.14. The van der Waals surface area contributed by atoms with Crippen molar-refractivity contribution < 1.29 is 8.42 Å². The second-order valence-electron chi connectivity index (χ2n) is 3.39. The minimum Gasteiger partial charge on any atom is -0.207 e. The minimum atomic E-state index is -3.67. The van der Waals surface area contributed by atoms with Crippen molar-refractivity contribution in [3.63, 3.8) is 0 Å². The van der Waals surface area contributed by atoms with E-state index < -0.39 is 10.0 Å². The van der Waals surface area contributed by atoms with Gasteiger partial charge in [0.05, 0.1) is 4.90 Å². The normalized spacial score (nSPS) is 12.1. The summed E-state index contributed by atoms with van der Waals surface area (Å²) >= 11 is 22.8. The number of hydrogen-bond donors (Lipinski definition) is 0. The average molecular weight is 351 g/mol. The lowest BCUT2D eigenvalue weighted by Gasteiger charge is -2.20. The molecule has 1 aromatic rings. The quantitative estimate of drug-likeness (QED) is 0.737. The van der Waals surface area contributed by atoms with Crippen LogP contribution in [0.4, 0.5) is 0 Å². The van der Waals surface area contributed by atoms with Crippen molar-refractivity contribution in [2.24, 2.45) is 0 Å². The topological polar surface area (TPSA) is 37.4 Å². The molecule has 8 heteroatoms. The van der Waals surface area contributed by atoms with Crippen LogP contribution in [-0.2, 0) is 10.0 Å². The zero-order valence-corrected chi connectivity index (χ0v) is 13.1. The summed E-state index contributed by atoms with van der Waals surface area (Å²) in [6, 6.07) is 4.16. The summed E-state index contributed by atoms with van der Waals surface area (Å²) in [4.78, 5) is 0.0373. The van der Waals surface area contributed by atoms with E-state index in [1.807, 2.05) is 0 Å². The highest BCUT2D eigenvalue weighted by atomic mass is 35.5. The number of sulfonamides is 1. The molecule has 102 valence electrons. The molecule has 0 saturated carbocycles. The number of benzene rings is 1. The van der Waals surface area contributed by atoms with E-state index in [-0.39, 0.29) is 39.8 Å². The molecule has 0 aliphatic rings. The van der Waals surface area contributed by atoms with Gasteiger partial charge in [-0.3, -0.25) is 0 Å². The van der Waals surface area contributed by atoms with E-state index in [4.69, 9.17) is 46.4 Å². The van der Waals surface area contributed by atoms with Crippen molar-refractivity contribution >= 4 is 56.4 Å². The predicted octanol–water partition coefficient (Wildman–Crippen LogP) is 3.46. The molecule has 0 atom stereocenters. The highest BCUT2D eigenvalue weighted by molar-refractivity contribution is 7.89. The summed E-state index contributed by atoms with van der Waals surface area (Å²) < 4.78 is 25.8. The van der Waals surface area contributed by atoms with Gasteiger partial charge in [-0.2, -0.15) is 4.31 Å². The summed E-state index contributed by atoms with van der Waals surface area (Å²) in [5.74, 6) is 0.370. The Kier molecular flexibility index (Phi) is 6.51. The largest absolute Gasteiger partial charge is 0.243 e. The molecule has 0 aliphatic carbocycles. The Balaban J connectivity index is 3.17. The maximum absolute atomic E-state index is 12.3. The first kappa shape index (κ1) is 16.3. The average Bonchev–Trinajstić information content (AvgIpc) is 2.27. The molecule has 3 nitrogen and oxygen atoms in total. The lowest BCUT2D eigenvalue weighted by Crippen LogP contribution is -2.34. The van der Waals surface area contributed by atoms with Crippen LogP contribution in [0.15, 0.2) is 23.1 Å². The van der Waals surface area contributed by atoms with Gasteiger partial charge in [-0.25, -0.2) is 8.42 Å². The molecule has 0 saturated heterocycles. The third-order valence-corrected chi connectivity index (χ3v) is 4.79. The Labute approximate surface area is 127 Å². The van der Waals surface area contributed by atoms with Gasteiger partial charge in [0.25, 0.3) is 0 Å². The molecule has 1 aromatic carbocycles. The van der Waals surface area contributed by atoms with Gasteiger partial charge in [0.2, 0.25) is 10.0 Å². The lowest BCUT2D eigenvalue weighted by atomic mass is 10.4. The van der Waals surface area contributed by atoms with Gasteiger partial charge in [0, 0.05) is 34.9 Å². The summed E-state index contributed by atoms with van der Waals surface area (Å²) in [6.07, 6.45) is 0. The summed E-state index contributed by atoms with van der Waals surface area (Å²) in [7, 11) is -3.67. The molecular formula is C10H11Cl4NO2S. The van der Waals surface area contributed by atoms with E-state index >= 15 is 0 Å². The monoisotopic (exact) mass is 349 g/mol. The van der Waals surface area contributed by atoms with Crippen LogP contribution < -0.4 is 0 Å². The first-order valence-corrected chi connectivity index (χ1v) is 8.26. The summed E-state index contributed by atoms with van der Waals surface area (Å²) in [5.41, 5.74) is 0. The van der Waals surface area contributed by atoms with Crippen LogP contribution in [0.2, 0.25) is 10.0 Å². The molecular weight excluding hydrogens is 340 g/mol. The van der Waals surface area contributed by atoms with Crippen LogP contribution in [0, 0.1) is 0 Å². The minimum absolute atomic E-state index is 0.0373. The van der Waals surface area contributed by atoms with E-state index in [1.165, 1.54) is 22.5 Å². The molecule has 0 radical (unpaired) electrons. The van der Waals surface area contributed by atoms with Gasteiger partial charge in [0.1, 0.15) is 0 Å². The molecule has 0 aromatic heterocycles. The second kappa shape index (κ2) is 7.17. The standard InChI is InChI=1S/C10H11Cl4NO2S/c11-1-3-15(4-2-12)18(16,17)10-6-8(13)5-9(14)7-10/h5-7H,1-4H2. The fourth-order valence-electron chi connectivity index (χ4n) is 1.37. The first-order valence-electron chi connectivity index (χ1n) is 5.00. The smallest absolute Gasteiger partial charge is 0.207 e. The molecule has 0 bridgehead atoms. The molecule has 0 heterocycles. The Morgan fingerprint density at radius 3 is 1.78 bits per heavy atom. The predicted molar refractivity (Wildman–Crippen MR) is 76.7 cm³/mol. The van der Waals surface area contributed by atoms with Crippen LogP contribution in [0.25, 0.3) is 0 Å². The van der Waals surface area contributed by atoms with Crippen LogP contribution >= 0.6 is 46.4 Å². The third kappa shape index (κ3) is 4.15. The molecule has 0 spiro atoms. The Hall–Kier alpha value is 0.290. The fraction of sp³-hybridized carbons (Fsp3) is 0.400. The molecule has 18 heavy (non-hydrogen) atoms. The molecule has 0 aliphatic heterocycles. The van der Waals surface area contributed by atoms with E-state index in [0.29, 0.717) is 0 Å². The Bertz CT molecular complexity index is 480. The molecule has 0 N–H and O–H groups in total. The number of nitrogens with zero attached hydrogens (tertiary/aromatic N) is 1. The van der Waals surface area contributed by atoms with Crippen LogP contribution in [-0.4, -0.2) is 37.6 Å². The highest BCUT2D eigenvalue weighted by Crippen LogP contribution is 2.24. The maximum Gasteiger partial charge on any atom is 0.243 e. The van der Waals surface area contributed by atoms with Crippen LogP contribution in [0.5, 0.6) is 0 Å². The highest BCUT2D eigenvalue weighted by Gasteiger charge is 2.24. The number of alkyl halides is 2. The van der Waals surface area contributed by atoms with Gasteiger partial charge < -0.3 is 0 Å². The number of hydrogen-bond acceptors (Lipinski definition) is 2.